The Bertz CT molecular complexity index is 1100. The van der Waals surface area contributed by atoms with Gasteiger partial charge >= 0.3 is 11.9 Å². The Balaban J connectivity index is 4.27. The molecule has 0 amide bonds. The van der Waals surface area contributed by atoms with E-state index in [0.29, 0.717) is 12.8 Å². The third-order valence-corrected chi connectivity index (χ3v) is 9.67. The van der Waals surface area contributed by atoms with E-state index >= 15 is 0 Å². The third-order valence-electron chi connectivity index (χ3n) is 9.67. The number of nitrogens with zero attached hydrogens (tertiary/aromatic N) is 1. The van der Waals surface area contributed by atoms with Gasteiger partial charge in [-0.05, 0) is 57.8 Å². The molecule has 8 nitrogen and oxygen atoms in total. The number of hydrogen-bond acceptors (Lipinski definition) is 7. The van der Waals surface area contributed by atoms with Crippen LogP contribution in [0.1, 0.15) is 174 Å². The molecule has 0 saturated heterocycles. The van der Waals surface area contributed by atoms with Crippen LogP contribution >= 0.6 is 0 Å². The summed E-state index contributed by atoms with van der Waals surface area (Å²) in [5, 5.41) is 11.6. The second kappa shape index (κ2) is 38.9. The number of carboxylic acid groups (broad SMARTS) is 1. The van der Waals surface area contributed by atoms with Crippen molar-refractivity contribution in [2.75, 3.05) is 41.0 Å². The number of unbranched alkanes of at least 4 members (excludes halogenated alkanes) is 15. The van der Waals surface area contributed by atoms with Crippen LogP contribution < -0.4 is 5.11 Å². The lowest BCUT2D eigenvalue weighted by Gasteiger charge is -2.34. The number of carbonyl (C=O) groups is 3. The molecular formula is C48H83NO7. The number of aliphatic carboxylic acids is 1. The summed E-state index contributed by atoms with van der Waals surface area (Å²) < 4.78 is 17.1. The van der Waals surface area contributed by atoms with Crippen molar-refractivity contribution in [2.24, 2.45) is 0 Å². The minimum atomic E-state index is -1.13. The number of likely N-dealkylation sites (N-methyl/N-ethyl adjacent to an activating group) is 1. The zero-order valence-electron chi connectivity index (χ0n) is 36.5. The molecule has 0 aromatic heterocycles. The maximum absolute atomic E-state index is 12.7. The molecular weight excluding hydrogens is 703 g/mol. The fraction of sp³-hybridized carbons (Fsp3) is 0.729. The standard InChI is InChI=1S/C48H83NO7/c1-6-8-10-12-14-16-17-18-19-20-21-22-23-24-25-26-27-28-29-31-33-35-37-39-47(51)56-44(42-54-41-40-45(48(52)53)49(3,4)5)43-55-46(50)38-36-34-32-30-15-13-11-9-7-2/h8,10,14,16,18-19,21-22,24-25,44-45H,6-7,9,11-13,15,17,20,23,26-43H2,1-5H3/b10-8+,16-14+,19-18+,22-21+,25-24+. The van der Waals surface area contributed by atoms with Crippen LogP contribution in [0.15, 0.2) is 60.8 Å². The molecule has 0 rings (SSSR count). The van der Waals surface area contributed by atoms with E-state index in [2.05, 4.69) is 74.6 Å². The molecule has 8 heteroatoms. The number of carbonyl (C=O) groups excluding carboxylic acids is 3. The summed E-state index contributed by atoms with van der Waals surface area (Å²) >= 11 is 0. The monoisotopic (exact) mass is 786 g/mol. The highest BCUT2D eigenvalue weighted by molar-refractivity contribution is 5.70. The number of carboxylic acids is 1. The summed E-state index contributed by atoms with van der Waals surface area (Å²) in [6.45, 7) is 4.51. The van der Waals surface area contributed by atoms with Crippen LogP contribution in [0.25, 0.3) is 0 Å². The molecule has 2 atom stereocenters. The Morgan fingerprint density at radius 3 is 1.48 bits per heavy atom. The van der Waals surface area contributed by atoms with Gasteiger partial charge in [-0.25, -0.2) is 0 Å². The Morgan fingerprint density at radius 2 is 1.00 bits per heavy atom. The number of allylic oxidation sites excluding steroid dienone is 10. The smallest absolute Gasteiger partial charge is 0.306 e. The van der Waals surface area contributed by atoms with Crippen LogP contribution in [0, 0.1) is 0 Å². The molecule has 0 saturated carbocycles. The number of quaternary nitrogens is 1. The predicted molar refractivity (Wildman–Crippen MR) is 231 cm³/mol. The van der Waals surface area contributed by atoms with Gasteiger partial charge in [0, 0.05) is 19.3 Å². The summed E-state index contributed by atoms with van der Waals surface area (Å²) in [7, 11) is 5.40. The van der Waals surface area contributed by atoms with Gasteiger partial charge in [-0.2, -0.15) is 0 Å². The van der Waals surface area contributed by atoms with Gasteiger partial charge in [-0.3, -0.25) is 9.59 Å². The second-order valence-corrected chi connectivity index (χ2v) is 15.9. The van der Waals surface area contributed by atoms with Crippen LogP contribution in [-0.2, 0) is 28.6 Å². The van der Waals surface area contributed by atoms with Crippen LogP contribution in [-0.4, -0.2) is 75.5 Å². The zero-order chi connectivity index (χ0) is 41.4. The van der Waals surface area contributed by atoms with Gasteiger partial charge in [0.25, 0.3) is 0 Å². The lowest BCUT2D eigenvalue weighted by molar-refractivity contribution is -0.889. The Morgan fingerprint density at radius 1 is 0.554 bits per heavy atom. The van der Waals surface area contributed by atoms with Crippen molar-refractivity contribution in [1.82, 2.24) is 0 Å². The first-order valence-electron chi connectivity index (χ1n) is 22.3. The van der Waals surface area contributed by atoms with Crippen molar-refractivity contribution in [1.29, 1.82) is 0 Å². The van der Waals surface area contributed by atoms with E-state index in [4.69, 9.17) is 14.2 Å². The Labute approximate surface area is 343 Å². The average Bonchev–Trinajstić information content (AvgIpc) is 3.15. The molecule has 0 aromatic carbocycles. The van der Waals surface area contributed by atoms with Gasteiger partial charge < -0.3 is 28.6 Å². The topological polar surface area (TPSA) is 102 Å². The fourth-order valence-corrected chi connectivity index (χ4v) is 6.21. The van der Waals surface area contributed by atoms with Crippen LogP contribution in [0.3, 0.4) is 0 Å². The molecule has 0 heterocycles. The second-order valence-electron chi connectivity index (χ2n) is 15.9. The van der Waals surface area contributed by atoms with Crippen LogP contribution in [0.4, 0.5) is 0 Å². The molecule has 0 aliphatic heterocycles. The molecule has 322 valence electrons. The van der Waals surface area contributed by atoms with E-state index in [1.807, 2.05) is 0 Å². The summed E-state index contributed by atoms with van der Waals surface area (Å²) in [5.41, 5.74) is 0. The molecule has 56 heavy (non-hydrogen) atoms. The summed E-state index contributed by atoms with van der Waals surface area (Å²) in [6.07, 6.45) is 46.8. The SMILES string of the molecule is CC/C=C/C/C=C/C/C=C/C/C=C/C/C=C/CCCCCCCCCC(=O)OC(COCCC(C(=O)[O-])[N+](C)(C)C)COC(=O)CCCCCCCCCCC. The lowest BCUT2D eigenvalue weighted by Crippen LogP contribution is -2.55. The molecule has 0 radical (unpaired) electrons. The van der Waals surface area contributed by atoms with Gasteiger partial charge in [-0.15, -0.1) is 0 Å². The highest BCUT2D eigenvalue weighted by atomic mass is 16.6. The van der Waals surface area contributed by atoms with Crippen molar-refractivity contribution in [3.63, 3.8) is 0 Å². The van der Waals surface area contributed by atoms with E-state index in [1.165, 1.54) is 57.8 Å². The molecule has 0 aliphatic carbocycles. The predicted octanol–water partition coefficient (Wildman–Crippen LogP) is 10.9. The number of hydrogen-bond donors (Lipinski definition) is 0. The maximum atomic E-state index is 12.7. The molecule has 0 spiro atoms. The van der Waals surface area contributed by atoms with E-state index in [0.717, 1.165) is 83.5 Å². The summed E-state index contributed by atoms with van der Waals surface area (Å²) in [6, 6.07) is -0.728. The highest BCUT2D eigenvalue weighted by Gasteiger charge is 2.25. The first kappa shape index (κ1) is 53.0. The van der Waals surface area contributed by atoms with Gasteiger partial charge in [0.1, 0.15) is 12.6 Å². The Kier molecular flexibility index (Phi) is 36.8. The van der Waals surface area contributed by atoms with E-state index in [-0.39, 0.29) is 42.7 Å². The first-order valence-corrected chi connectivity index (χ1v) is 22.3. The van der Waals surface area contributed by atoms with Crippen molar-refractivity contribution < 1.29 is 38.2 Å². The highest BCUT2D eigenvalue weighted by Crippen LogP contribution is 2.14. The maximum Gasteiger partial charge on any atom is 0.306 e. The molecule has 0 N–H and O–H groups in total. The molecule has 0 bridgehead atoms. The molecule has 0 aromatic rings. The largest absolute Gasteiger partial charge is 0.544 e. The van der Waals surface area contributed by atoms with Crippen LogP contribution in [0.2, 0.25) is 0 Å². The lowest BCUT2D eigenvalue weighted by atomic mass is 10.1. The van der Waals surface area contributed by atoms with Crippen molar-refractivity contribution >= 4 is 17.9 Å². The Hall–Kier alpha value is -2.97. The molecule has 0 aliphatic rings. The van der Waals surface area contributed by atoms with E-state index in [9.17, 15) is 19.5 Å². The third kappa shape index (κ3) is 36.7. The van der Waals surface area contributed by atoms with Crippen molar-refractivity contribution in [2.45, 2.75) is 187 Å². The average molecular weight is 786 g/mol. The summed E-state index contributed by atoms with van der Waals surface area (Å²) in [5.74, 6) is -1.76. The van der Waals surface area contributed by atoms with Gasteiger partial charge in [-0.1, -0.05) is 158 Å². The minimum Gasteiger partial charge on any atom is -0.544 e. The molecule has 0 fully saturated rings. The van der Waals surface area contributed by atoms with Crippen LogP contribution in [0.5, 0.6) is 0 Å². The quantitative estimate of drug-likeness (QED) is 0.0265. The first-order chi connectivity index (χ1) is 27.1. The van der Waals surface area contributed by atoms with Gasteiger partial charge in [0.05, 0.1) is 40.3 Å². The number of esters is 2. The summed E-state index contributed by atoms with van der Waals surface area (Å²) in [4.78, 5) is 36.8. The number of rotatable bonds is 39. The van der Waals surface area contributed by atoms with Gasteiger partial charge in [0.2, 0.25) is 0 Å². The van der Waals surface area contributed by atoms with Gasteiger partial charge in [0.15, 0.2) is 6.10 Å². The van der Waals surface area contributed by atoms with E-state index < -0.39 is 18.1 Å². The van der Waals surface area contributed by atoms with E-state index in [1.54, 1.807) is 21.1 Å². The fourth-order valence-electron chi connectivity index (χ4n) is 6.21. The normalized spacial score (nSPS) is 13.5. The minimum absolute atomic E-state index is 0.0353. The zero-order valence-corrected chi connectivity index (χ0v) is 36.5. The number of ether oxygens (including phenoxy) is 3. The molecule has 2 unspecified atom stereocenters. The van der Waals surface area contributed by atoms with Crippen molar-refractivity contribution in [3.05, 3.63) is 60.8 Å². The van der Waals surface area contributed by atoms with Crippen molar-refractivity contribution in [3.8, 4) is 0 Å².